The van der Waals surface area contributed by atoms with E-state index in [0.29, 0.717) is 11.1 Å². The van der Waals surface area contributed by atoms with E-state index in [1.54, 1.807) is 24.3 Å². The van der Waals surface area contributed by atoms with Gasteiger partial charge in [0, 0.05) is 35.2 Å². The second-order valence-corrected chi connectivity index (χ2v) is 6.54. The topological polar surface area (TPSA) is 121 Å². The fourth-order valence-corrected chi connectivity index (χ4v) is 3.05. The standard InChI is InChI=1S/C22H21N3O5/c1-30-22(28)19(12-16-13-23-18-5-3-2-4-17(16)18)24-21(27)15-9-6-14(7-10-15)8-11-20(26)25-29/h2-11,13,19,23,29H,12H2,1H3,(H,24,27)(H,25,26)/t19-/m1/s1. The minimum atomic E-state index is -0.852. The lowest BCUT2D eigenvalue weighted by Gasteiger charge is -2.16. The summed E-state index contributed by atoms with van der Waals surface area (Å²) in [4.78, 5) is 39.1. The summed E-state index contributed by atoms with van der Waals surface area (Å²) >= 11 is 0. The molecule has 0 aliphatic rings. The second-order valence-electron chi connectivity index (χ2n) is 6.54. The molecule has 2 aromatic carbocycles. The van der Waals surface area contributed by atoms with Crippen molar-refractivity contribution in [3.8, 4) is 0 Å². The Morgan fingerprint density at radius 3 is 2.57 bits per heavy atom. The van der Waals surface area contributed by atoms with Gasteiger partial charge in [-0.3, -0.25) is 14.8 Å². The van der Waals surface area contributed by atoms with E-state index in [1.807, 2.05) is 30.5 Å². The molecule has 0 radical (unpaired) electrons. The molecule has 0 fully saturated rings. The maximum absolute atomic E-state index is 12.6. The normalized spacial score (nSPS) is 11.9. The van der Waals surface area contributed by atoms with E-state index in [9.17, 15) is 14.4 Å². The number of carbonyl (C=O) groups excluding carboxylic acids is 3. The number of amides is 2. The van der Waals surface area contributed by atoms with E-state index in [0.717, 1.165) is 22.5 Å². The van der Waals surface area contributed by atoms with Crippen LogP contribution in [0.3, 0.4) is 0 Å². The Morgan fingerprint density at radius 2 is 1.87 bits per heavy atom. The van der Waals surface area contributed by atoms with Crippen molar-refractivity contribution in [2.24, 2.45) is 0 Å². The molecule has 1 aromatic heterocycles. The fraction of sp³-hybridized carbons (Fsp3) is 0.136. The molecule has 0 aliphatic carbocycles. The summed E-state index contributed by atoms with van der Waals surface area (Å²) in [6, 6.07) is 13.3. The van der Waals surface area contributed by atoms with Gasteiger partial charge < -0.3 is 15.0 Å². The molecule has 1 atom stereocenters. The second kappa shape index (κ2) is 9.53. The molecule has 8 heteroatoms. The number of benzene rings is 2. The van der Waals surface area contributed by atoms with Gasteiger partial charge >= 0.3 is 5.97 Å². The third-order valence-corrected chi connectivity index (χ3v) is 4.60. The van der Waals surface area contributed by atoms with Crippen LogP contribution < -0.4 is 10.8 Å². The van der Waals surface area contributed by atoms with Crippen molar-refractivity contribution < 1.29 is 24.3 Å². The highest BCUT2D eigenvalue weighted by molar-refractivity contribution is 5.97. The molecule has 3 aromatic rings. The zero-order valence-corrected chi connectivity index (χ0v) is 16.2. The number of para-hydroxylation sites is 1. The van der Waals surface area contributed by atoms with Crippen LogP contribution in [0, 0.1) is 0 Å². The number of rotatable bonds is 7. The van der Waals surface area contributed by atoms with Crippen molar-refractivity contribution in [2.75, 3.05) is 7.11 Å². The number of ether oxygens (including phenoxy) is 1. The zero-order valence-electron chi connectivity index (χ0n) is 16.2. The molecule has 0 bridgehead atoms. The maximum Gasteiger partial charge on any atom is 0.328 e. The molecule has 0 spiro atoms. The number of H-pyrrole nitrogens is 1. The molecule has 0 saturated heterocycles. The summed E-state index contributed by atoms with van der Waals surface area (Å²) in [6.45, 7) is 0. The lowest BCUT2D eigenvalue weighted by atomic mass is 10.0. The summed E-state index contributed by atoms with van der Waals surface area (Å²) in [7, 11) is 1.28. The molecule has 0 aliphatic heterocycles. The first kappa shape index (κ1) is 20.8. The third kappa shape index (κ3) is 4.92. The summed E-state index contributed by atoms with van der Waals surface area (Å²) in [5.41, 5.74) is 4.35. The van der Waals surface area contributed by atoms with Gasteiger partial charge in [0.05, 0.1) is 7.11 Å². The van der Waals surface area contributed by atoms with Crippen LogP contribution in [-0.2, 0) is 20.7 Å². The molecule has 30 heavy (non-hydrogen) atoms. The number of methoxy groups -OCH3 is 1. The molecular formula is C22H21N3O5. The van der Waals surface area contributed by atoms with Crippen LogP contribution in [-0.4, -0.2) is 41.1 Å². The number of hydroxylamine groups is 1. The molecule has 1 heterocycles. The quantitative estimate of drug-likeness (QED) is 0.207. The van der Waals surface area contributed by atoms with Crippen molar-refractivity contribution in [1.29, 1.82) is 0 Å². The highest BCUT2D eigenvalue weighted by Gasteiger charge is 2.23. The van der Waals surface area contributed by atoms with Crippen LogP contribution in [0.5, 0.6) is 0 Å². The molecule has 0 unspecified atom stereocenters. The zero-order chi connectivity index (χ0) is 21.5. The van der Waals surface area contributed by atoms with E-state index in [4.69, 9.17) is 9.94 Å². The summed E-state index contributed by atoms with van der Waals surface area (Å²) in [5.74, 6) is -1.62. The minimum Gasteiger partial charge on any atom is -0.467 e. The summed E-state index contributed by atoms with van der Waals surface area (Å²) in [6.07, 6.45) is 4.74. The first-order chi connectivity index (χ1) is 14.5. The predicted octanol–water partition coefficient (Wildman–Crippen LogP) is 2.20. The molecule has 2 amide bonds. The molecular weight excluding hydrogens is 386 g/mol. The maximum atomic E-state index is 12.6. The van der Waals surface area contributed by atoms with E-state index in [2.05, 4.69) is 10.3 Å². The number of hydrogen-bond donors (Lipinski definition) is 4. The van der Waals surface area contributed by atoms with Gasteiger partial charge in [-0.25, -0.2) is 10.3 Å². The van der Waals surface area contributed by atoms with Crippen molar-refractivity contribution >= 4 is 34.8 Å². The minimum absolute atomic E-state index is 0.277. The van der Waals surface area contributed by atoms with Gasteiger partial charge in [-0.2, -0.15) is 0 Å². The SMILES string of the molecule is COC(=O)[C@@H](Cc1c[nH]c2ccccc12)NC(=O)c1ccc(C=CC(=O)NO)cc1. The van der Waals surface area contributed by atoms with E-state index in [1.165, 1.54) is 18.7 Å². The Morgan fingerprint density at radius 1 is 1.13 bits per heavy atom. The monoisotopic (exact) mass is 407 g/mol. The van der Waals surface area contributed by atoms with Crippen molar-refractivity contribution in [3.63, 3.8) is 0 Å². The van der Waals surface area contributed by atoms with Gasteiger partial charge in [-0.1, -0.05) is 30.3 Å². The molecule has 3 rings (SSSR count). The smallest absolute Gasteiger partial charge is 0.328 e. The van der Waals surface area contributed by atoms with Crippen LogP contribution in [0.2, 0.25) is 0 Å². The highest BCUT2D eigenvalue weighted by atomic mass is 16.5. The molecule has 0 saturated carbocycles. The predicted molar refractivity (Wildman–Crippen MR) is 111 cm³/mol. The highest BCUT2D eigenvalue weighted by Crippen LogP contribution is 2.19. The van der Waals surface area contributed by atoms with Gasteiger partial charge in [0.2, 0.25) is 0 Å². The molecule has 154 valence electrons. The number of aromatic amines is 1. The van der Waals surface area contributed by atoms with Gasteiger partial charge in [-0.05, 0) is 35.4 Å². The lowest BCUT2D eigenvalue weighted by molar-refractivity contribution is -0.142. The van der Waals surface area contributed by atoms with Gasteiger partial charge in [0.25, 0.3) is 11.8 Å². The Balaban J connectivity index is 1.73. The van der Waals surface area contributed by atoms with Crippen molar-refractivity contribution in [2.45, 2.75) is 12.5 Å². The Labute approximate surface area is 172 Å². The van der Waals surface area contributed by atoms with E-state index in [-0.39, 0.29) is 6.42 Å². The molecule has 4 N–H and O–H groups in total. The molecule has 8 nitrogen and oxygen atoms in total. The van der Waals surface area contributed by atoms with Crippen LogP contribution in [0.15, 0.2) is 60.8 Å². The number of aromatic nitrogens is 1. The number of hydrogen-bond acceptors (Lipinski definition) is 5. The average molecular weight is 407 g/mol. The van der Waals surface area contributed by atoms with Gasteiger partial charge in [-0.15, -0.1) is 0 Å². The van der Waals surface area contributed by atoms with Crippen LogP contribution in [0.4, 0.5) is 0 Å². The van der Waals surface area contributed by atoms with Crippen LogP contribution in [0.1, 0.15) is 21.5 Å². The summed E-state index contributed by atoms with van der Waals surface area (Å²) in [5, 5.41) is 12.2. The first-order valence-corrected chi connectivity index (χ1v) is 9.17. The number of nitrogens with one attached hydrogen (secondary N) is 3. The van der Waals surface area contributed by atoms with Crippen molar-refractivity contribution in [3.05, 3.63) is 77.5 Å². The van der Waals surface area contributed by atoms with Gasteiger partial charge in [0.15, 0.2) is 0 Å². The fourth-order valence-electron chi connectivity index (χ4n) is 3.05. The Hall–Kier alpha value is -3.91. The van der Waals surface area contributed by atoms with Crippen molar-refractivity contribution in [1.82, 2.24) is 15.8 Å². The Bertz CT molecular complexity index is 1090. The first-order valence-electron chi connectivity index (χ1n) is 9.17. The van der Waals surface area contributed by atoms with Gasteiger partial charge in [0.1, 0.15) is 6.04 Å². The lowest BCUT2D eigenvalue weighted by Crippen LogP contribution is -2.43. The van der Waals surface area contributed by atoms with Crippen LogP contribution >= 0.6 is 0 Å². The summed E-state index contributed by atoms with van der Waals surface area (Å²) < 4.78 is 4.86. The van der Waals surface area contributed by atoms with Crippen LogP contribution in [0.25, 0.3) is 17.0 Å². The van der Waals surface area contributed by atoms with E-state index >= 15 is 0 Å². The number of carbonyl (C=O) groups is 3. The Kier molecular flexibility index (Phi) is 6.61. The number of esters is 1. The van der Waals surface area contributed by atoms with E-state index < -0.39 is 23.8 Å². The third-order valence-electron chi connectivity index (χ3n) is 4.60. The number of fused-ring (bicyclic) bond motifs is 1. The largest absolute Gasteiger partial charge is 0.467 e. The average Bonchev–Trinajstić information content (AvgIpc) is 3.19.